The van der Waals surface area contributed by atoms with Gasteiger partial charge in [-0.05, 0) is 43.5 Å². The molecule has 0 saturated heterocycles. The standard InChI is InChI=1S/C20H25F3N2O3.C2H6/c1-6-13(7-2)27-17-10-12(3)18(25-19(17)24-4)15-9-8-14(11-16(15)26-5)28-20(21,22)23;1-2/h8-11,13H,6-7H2,1-5H3,(H,24,25);1-2H3. The zero-order valence-electron chi connectivity index (χ0n) is 18.6. The van der Waals surface area contributed by atoms with Crippen LogP contribution in [0.15, 0.2) is 24.3 Å². The number of aromatic nitrogens is 1. The van der Waals surface area contributed by atoms with E-state index in [-0.39, 0.29) is 17.6 Å². The second-order valence-corrected chi connectivity index (χ2v) is 6.22. The van der Waals surface area contributed by atoms with E-state index in [2.05, 4.69) is 28.9 Å². The van der Waals surface area contributed by atoms with E-state index in [1.54, 1.807) is 7.05 Å². The number of aryl methyl sites for hydroxylation is 1. The predicted molar refractivity (Wildman–Crippen MR) is 114 cm³/mol. The van der Waals surface area contributed by atoms with Crippen molar-refractivity contribution in [2.24, 2.45) is 0 Å². The van der Waals surface area contributed by atoms with E-state index in [0.717, 1.165) is 18.4 Å². The number of methoxy groups -OCH3 is 1. The van der Waals surface area contributed by atoms with Crippen molar-refractivity contribution in [3.05, 3.63) is 29.8 Å². The van der Waals surface area contributed by atoms with Gasteiger partial charge >= 0.3 is 6.36 Å². The maximum Gasteiger partial charge on any atom is 0.573 e. The first-order valence-electron chi connectivity index (χ1n) is 10.0. The number of hydrogen-bond donors (Lipinski definition) is 1. The number of anilines is 1. The molecule has 2 aromatic rings. The van der Waals surface area contributed by atoms with E-state index < -0.39 is 6.36 Å². The number of halogens is 3. The van der Waals surface area contributed by atoms with Crippen LogP contribution in [0.5, 0.6) is 17.2 Å². The molecule has 0 unspecified atom stereocenters. The molecule has 0 saturated carbocycles. The number of hydrogen-bond acceptors (Lipinski definition) is 5. The molecule has 1 heterocycles. The molecule has 168 valence electrons. The van der Waals surface area contributed by atoms with Crippen LogP contribution < -0.4 is 19.5 Å². The molecule has 1 aromatic carbocycles. The Kier molecular flexibility index (Phi) is 9.75. The smallest absolute Gasteiger partial charge is 0.496 e. The quantitative estimate of drug-likeness (QED) is 0.513. The average molecular weight is 428 g/mol. The first kappa shape index (κ1) is 25.4. The van der Waals surface area contributed by atoms with Crippen molar-refractivity contribution in [2.45, 2.75) is 59.9 Å². The van der Waals surface area contributed by atoms with Gasteiger partial charge in [0.05, 0.1) is 18.9 Å². The summed E-state index contributed by atoms with van der Waals surface area (Å²) in [6.07, 6.45) is -2.95. The summed E-state index contributed by atoms with van der Waals surface area (Å²) in [5.74, 6) is 1.06. The van der Waals surface area contributed by atoms with E-state index >= 15 is 0 Å². The van der Waals surface area contributed by atoms with Crippen LogP contribution in [0.1, 0.15) is 46.1 Å². The number of rotatable bonds is 8. The molecule has 0 amide bonds. The Bertz CT molecular complexity index is 807. The molecule has 30 heavy (non-hydrogen) atoms. The molecule has 0 aliphatic heterocycles. The number of nitrogens with zero attached hydrogens (tertiary/aromatic N) is 1. The van der Waals surface area contributed by atoms with Crippen molar-refractivity contribution < 1.29 is 27.4 Å². The topological polar surface area (TPSA) is 52.6 Å². The van der Waals surface area contributed by atoms with Gasteiger partial charge in [0.15, 0.2) is 11.6 Å². The third-order valence-corrected chi connectivity index (χ3v) is 4.28. The average Bonchev–Trinajstić information content (AvgIpc) is 2.72. The Hall–Kier alpha value is -2.64. The van der Waals surface area contributed by atoms with Crippen LogP contribution in [0.3, 0.4) is 0 Å². The second-order valence-electron chi connectivity index (χ2n) is 6.22. The molecule has 2 rings (SSSR count). The predicted octanol–water partition coefficient (Wildman–Crippen LogP) is 6.60. The van der Waals surface area contributed by atoms with E-state index in [9.17, 15) is 13.2 Å². The summed E-state index contributed by atoms with van der Waals surface area (Å²) in [4.78, 5) is 4.62. The Morgan fingerprint density at radius 3 is 2.20 bits per heavy atom. The maximum absolute atomic E-state index is 12.5. The normalized spacial score (nSPS) is 10.9. The summed E-state index contributed by atoms with van der Waals surface area (Å²) in [5, 5.41) is 3.02. The van der Waals surface area contributed by atoms with E-state index in [1.807, 2.05) is 26.8 Å². The van der Waals surface area contributed by atoms with Crippen LogP contribution in [-0.2, 0) is 0 Å². The van der Waals surface area contributed by atoms with Crippen molar-refractivity contribution in [2.75, 3.05) is 19.5 Å². The van der Waals surface area contributed by atoms with Gasteiger partial charge in [-0.2, -0.15) is 0 Å². The molecule has 5 nitrogen and oxygen atoms in total. The first-order chi connectivity index (χ1) is 14.2. The zero-order valence-corrected chi connectivity index (χ0v) is 18.6. The Labute approximate surface area is 176 Å². The summed E-state index contributed by atoms with van der Waals surface area (Å²) in [5.41, 5.74) is 1.94. The number of benzene rings is 1. The van der Waals surface area contributed by atoms with Crippen LogP contribution in [-0.4, -0.2) is 31.6 Å². The van der Waals surface area contributed by atoms with Crippen LogP contribution in [0, 0.1) is 6.92 Å². The highest BCUT2D eigenvalue weighted by Crippen LogP contribution is 2.38. The molecule has 0 radical (unpaired) electrons. The van der Waals surface area contributed by atoms with Gasteiger partial charge < -0.3 is 19.5 Å². The van der Waals surface area contributed by atoms with E-state index in [1.165, 1.54) is 25.3 Å². The molecule has 0 fully saturated rings. The van der Waals surface area contributed by atoms with Crippen molar-refractivity contribution in [3.8, 4) is 28.5 Å². The summed E-state index contributed by atoms with van der Waals surface area (Å²) >= 11 is 0. The third kappa shape index (κ3) is 6.71. The lowest BCUT2D eigenvalue weighted by molar-refractivity contribution is -0.274. The first-order valence-corrected chi connectivity index (χ1v) is 10.0. The highest BCUT2D eigenvalue weighted by Gasteiger charge is 2.31. The second kappa shape index (κ2) is 11.5. The van der Waals surface area contributed by atoms with Crippen molar-refractivity contribution >= 4 is 5.82 Å². The van der Waals surface area contributed by atoms with Gasteiger partial charge in [0.1, 0.15) is 11.5 Å². The lowest BCUT2D eigenvalue weighted by Crippen LogP contribution is -2.17. The monoisotopic (exact) mass is 428 g/mol. The lowest BCUT2D eigenvalue weighted by atomic mass is 10.0. The molecule has 0 spiro atoms. The van der Waals surface area contributed by atoms with Gasteiger partial charge in [0, 0.05) is 18.7 Å². The molecule has 0 bridgehead atoms. The Balaban J connectivity index is 0.00000218. The van der Waals surface area contributed by atoms with Crippen molar-refractivity contribution in [1.29, 1.82) is 0 Å². The fourth-order valence-electron chi connectivity index (χ4n) is 2.83. The lowest BCUT2D eigenvalue weighted by Gasteiger charge is -2.20. The SMILES string of the molecule is CC.CCC(CC)Oc1cc(C)c(-c2ccc(OC(F)(F)F)cc2OC)nc1NC. The molecule has 8 heteroatoms. The number of nitrogens with one attached hydrogen (secondary N) is 1. The third-order valence-electron chi connectivity index (χ3n) is 4.28. The number of ether oxygens (including phenoxy) is 3. The molecule has 0 aliphatic rings. The number of pyridine rings is 1. The molecular weight excluding hydrogens is 397 g/mol. The van der Waals surface area contributed by atoms with Gasteiger partial charge in [0.2, 0.25) is 0 Å². The van der Waals surface area contributed by atoms with Gasteiger partial charge in [0.25, 0.3) is 0 Å². The minimum Gasteiger partial charge on any atom is -0.496 e. The van der Waals surface area contributed by atoms with E-state index in [0.29, 0.717) is 22.8 Å². The fraction of sp³-hybridized carbons (Fsp3) is 0.500. The van der Waals surface area contributed by atoms with Gasteiger partial charge in [-0.25, -0.2) is 4.98 Å². The summed E-state index contributed by atoms with van der Waals surface area (Å²) in [7, 11) is 3.12. The summed E-state index contributed by atoms with van der Waals surface area (Å²) in [6.45, 7) is 9.97. The molecule has 0 aliphatic carbocycles. The van der Waals surface area contributed by atoms with Crippen LogP contribution in [0.25, 0.3) is 11.3 Å². The largest absolute Gasteiger partial charge is 0.573 e. The summed E-state index contributed by atoms with van der Waals surface area (Å²) in [6, 6.07) is 5.79. The van der Waals surface area contributed by atoms with Gasteiger partial charge in [-0.1, -0.05) is 27.7 Å². The number of alkyl halides is 3. The highest BCUT2D eigenvalue weighted by atomic mass is 19.4. The van der Waals surface area contributed by atoms with Crippen LogP contribution >= 0.6 is 0 Å². The minimum atomic E-state index is -4.77. The maximum atomic E-state index is 12.5. The van der Waals surface area contributed by atoms with Gasteiger partial charge in [-0.15, -0.1) is 13.2 Å². The molecular formula is C22H31F3N2O3. The molecule has 1 aromatic heterocycles. The molecule has 0 atom stereocenters. The van der Waals surface area contributed by atoms with Crippen molar-refractivity contribution in [3.63, 3.8) is 0 Å². The highest BCUT2D eigenvalue weighted by molar-refractivity contribution is 5.74. The van der Waals surface area contributed by atoms with Crippen molar-refractivity contribution in [1.82, 2.24) is 4.98 Å². The Morgan fingerprint density at radius 1 is 1.07 bits per heavy atom. The van der Waals surface area contributed by atoms with Gasteiger partial charge in [-0.3, -0.25) is 0 Å². The summed E-state index contributed by atoms with van der Waals surface area (Å²) < 4.78 is 52.7. The fourth-order valence-corrected chi connectivity index (χ4v) is 2.83. The van der Waals surface area contributed by atoms with E-state index in [4.69, 9.17) is 9.47 Å². The molecule has 1 N–H and O–H groups in total. The Morgan fingerprint density at radius 2 is 1.70 bits per heavy atom. The zero-order chi connectivity index (χ0) is 22.9. The minimum absolute atomic E-state index is 0.0764. The van der Waals surface area contributed by atoms with Crippen LogP contribution in [0.2, 0.25) is 0 Å². The van der Waals surface area contributed by atoms with Crippen LogP contribution in [0.4, 0.5) is 19.0 Å².